The minimum atomic E-state index is 0. The minimum Gasteiger partial charge on any atom is -0.335 e. The van der Waals surface area contributed by atoms with E-state index in [1.165, 1.54) is 12.8 Å². The first kappa shape index (κ1) is 23.4. The number of aromatic nitrogens is 2. The van der Waals surface area contributed by atoms with E-state index in [0.29, 0.717) is 17.8 Å². The van der Waals surface area contributed by atoms with E-state index < -0.39 is 0 Å². The summed E-state index contributed by atoms with van der Waals surface area (Å²) in [6.07, 6.45) is 3.58. The summed E-state index contributed by atoms with van der Waals surface area (Å²) in [5.74, 6) is 0.0904. The number of hydrogen-bond donors (Lipinski definition) is 2. The van der Waals surface area contributed by atoms with Crippen LogP contribution in [0.5, 0.6) is 0 Å². The van der Waals surface area contributed by atoms with Crippen LogP contribution in [0.15, 0.2) is 0 Å². The van der Waals surface area contributed by atoms with E-state index in [2.05, 4.69) is 39.2 Å². The Morgan fingerprint density at radius 3 is 2.43 bits per heavy atom. The summed E-state index contributed by atoms with van der Waals surface area (Å²) in [7, 11) is 0. The maximum atomic E-state index is 12.9. The second-order valence-electron chi connectivity index (χ2n) is 8.10. The summed E-state index contributed by atoms with van der Waals surface area (Å²) in [4.78, 5) is 20.0. The Balaban J connectivity index is 0.00000140. The molecule has 0 aromatic carbocycles. The van der Waals surface area contributed by atoms with Crippen LogP contribution >= 0.6 is 24.8 Å². The number of H-pyrrole nitrogens is 1. The van der Waals surface area contributed by atoms with Crippen molar-refractivity contribution in [2.75, 3.05) is 45.8 Å². The van der Waals surface area contributed by atoms with Gasteiger partial charge in [-0.1, -0.05) is 0 Å². The molecule has 2 atom stereocenters. The number of piperazine rings is 1. The first-order valence-electron chi connectivity index (χ1n) is 10.2. The van der Waals surface area contributed by atoms with Gasteiger partial charge in [-0.15, -0.1) is 24.8 Å². The zero-order chi connectivity index (χ0) is 18.1. The Bertz CT molecular complexity index is 636. The molecule has 4 rings (SSSR count). The van der Waals surface area contributed by atoms with E-state index in [-0.39, 0.29) is 30.7 Å². The normalized spacial score (nSPS) is 25.7. The second-order valence-corrected chi connectivity index (χ2v) is 8.10. The summed E-state index contributed by atoms with van der Waals surface area (Å²) in [6, 6.07) is 1.43. The smallest absolute Gasteiger partial charge is 0.274 e. The Hall–Kier alpha value is -0.860. The van der Waals surface area contributed by atoms with Gasteiger partial charge in [0.05, 0.1) is 0 Å². The Morgan fingerprint density at radius 2 is 1.75 bits per heavy atom. The predicted molar refractivity (Wildman–Crippen MR) is 116 cm³/mol. The highest BCUT2D eigenvalue weighted by Crippen LogP contribution is 2.23. The van der Waals surface area contributed by atoms with Crippen molar-refractivity contribution < 1.29 is 4.79 Å². The van der Waals surface area contributed by atoms with Gasteiger partial charge in [0.15, 0.2) is 5.69 Å². The van der Waals surface area contributed by atoms with E-state index in [1.54, 1.807) is 0 Å². The molecule has 0 spiro atoms. The van der Waals surface area contributed by atoms with Gasteiger partial charge in [-0.05, 0) is 26.7 Å². The lowest BCUT2D eigenvalue weighted by molar-refractivity contribution is 0.0608. The number of carbonyl (C=O) groups is 1. The molecule has 1 aromatic rings. The number of rotatable bonds is 4. The fourth-order valence-corrected chi connectivity index (χ4v) is 4.67. The van der Waals surface area contributed by atoms with Gasteiger partial charge >= 0.3 is 0 Å². The van der Waals surface area contributed by atoms with Gasteiger partial charge in [-0.25, -0.2) is 0 Å². The molecule has 2 saturated heterocycles. The van der Waals surface area contributed by atoms with Gasteiger partial charge in [-0.3, -0.25) is 19.7 Å². The maximum Gasteiger partial charge on any atom is 0.274 e. The van der Waals surface area contributed by atoms with Gasteiger partial charge in [0.25, 0.3) is 5.91 Å². The molecule has 0 radical (unpaired) electrons. The van der Waals surface area contributed by atoms with Gasteiger partial charge in [0, 0.05) is 82.1 Å². The van der Waals surface area contributed by atoms with Crippen LogP contribution in [0.3, 0.4) is 0 Å². The van der Waals surface area contributed by atoms with Crippen molar-refractivity contribution in [1.82, 2.24) is 30.2 Å². The molecule has 2 unspecified atom stereocenters. The quantitative estimate of drug-likeness (QED) is 0.754. The van der Waals surface area contributed by atoms with E-state index in [4.69, 9.17) is 0 Å². The van der Waals surface area contributed by atoms with Crippen LogP contribution in [0.2, 0.25) is 0 Å². The van der Waals surface area contributed by atoms with Crippen LogP contribution in [0.25, 0.3) is 0 Å². The van der Waals surface area contributed by atoms with Crippen molar-refractivity contribution in [3.8, 4) is 0 Å². The highest BCUT2D eigenvalue weighted by atomic mass is 35.5. The molecule has 2 fully saturated rings. The lowest BCUT2D eigenvalue weighted by atomic mass is 10.1. The lowest BCUT2D eigenvalue weighted by Gasteiger charge is -2.36. The summed E-state index contributed by atoms with van der Waals surface area (Å²) in [5.41, 5.74) is 2.82. The van der Waals surface area contributed by atoms with Crippen LogP contribution in [-0.2, 0) is 13.0 Å². The standard InChI is InChI=1S/C19H32N6O.2ClH/c1-14-3-4-15(2)25(14)12-9-23-7-10-24(11-8-23)19(26)18-16-13-20-6-5-17(16)21-22-18;;/h14-15,20H,3-13H2,1-2H3,(H,21,22);2*1H. The Morgan fingerprint density at radius 1 is 1.07 bits per heavy atom. The first-order chi connectivity index (χ1) is 12.6. The number of fused-ring (bicyclic) bond motifs is 1. The largest absolute Gasteiger partial charge is 0.335 e. The molecule has 0 saturated carbocycles. The third-order valence-electron chi connectivity index (χ3n) is 6.48. The Kier molecular flexibility index (Phi) is 8.58. The fraction of sp³-hybridized carbons (Fsp3) is 0.789. The molecule has 1 amide bonds. The van der Waals surface area contributed by atoms with Crippen molar-refractivity contribution in [1.29, 1.82) is 0 Å². The number of amides is 1. The van der Waals surface area contributed by atoms with E-state index in [1.807, 2.05) is 4.90 Å². The molecular formula is C19H34Cl2N6O. The molecule has 4 heterocycles. The molecule has 7 nitrogen and oxygen atoms in total. The number of likely N-dealkylation sites (tertiary alicyclic amines) is 1. The van der Waals surface area contributed by atoms with Gasteiger partial charge in [0.2, 0.25) is 0 Å². The number of nitrogens with one attached hydrogen (secondary N) is 2. The number of nitrogens with zero attached hydrogens (tertiary/aromatic N) is 4. The number of carbonyl (C=O) groups excluding carboxylic acids is 1. The van der Waals surface area contributed by atoms with Gasteiger partial charge in [0.1, 0.15) is 0 Å². The van der Waals surface area contributed by atoms with E-state index >= 15 is 0 Å². The fourth-order valence-electron chi connectivity index (χ4n) is 4.67. The predicted octanol–water partition coefficient (Wildman–Crippen LogP) is 1.53. The molecule has 1 aromatic heterocycles. The van der Waals surface area contributed by atoms with Crippen molar-refractivity contribution in [3.05, 3.63) is 17.0 Å². The van der Waals surface area contributed by atoms with Crippen molar-refractivity contribution >= 4 is 30.7 Å². The third-order valence-corrected chi connectivity index (χ3v) is 6.48. The summed E-state index contributed by atoms with van der Waals surface area (Å²) < 4.78 is 0. The zero-order valence-corrected chi connectivity index (χ0v) is 18.6. The Labute approximate surface area is 180 Å². The topological polar surface area (TPSA) is 67.5 Å². The van der Waals surface area contributed by atoms with Crippen molar-refractivity contribution in [2.24, 2.45) is 0 Å². The highest BCUT2D eigenvalue weighted by Gasteiger charge is 2.30. The maximum absolute atomic E-state index is 12.9. The molecular weight excluding hydrogens is 399 g/mol. The highest BCUT2D eigenvalue weighted by molar-refractivity contribution is 5.94. The number of hydrogen-bond acceptors (Lipinski definition) is 5. The average Bonchev–Trinajstić information content (AvgIpc) is 3.23. The average molecular weight is 433 g/mol. The van der Waals surface area contributed by atoms with Gasteiger partial charge in [-0.2, -0.15) is 5.10 Å². The number of aromatic amines is 1. The van der Waals surface area contributed by atoms with Gasteiger partial charge < -0.3 is 10.2 Å². The van der Waals surface area contributed by atoms with Crippen LogP contribution in [-0.4, -0.2) is 88.7 Å². The van der Waals surface area contributed by atoms with Crippen LogP contribution in [0.1, 0.15) is 48.4 Å². The zero-order valence-electron chi connectivity index (χ0n) is 16.9. The van der Waals surface area contributed by atoms with Crippen LogP contribution in [0.4, 0.5) is 0 Å². The van der Waals surface area contributed by atoms with Crippen molar-refractivity contribution in [2.45, 2.75) is 51.7 Å². The summed E-state index contributed by atoms with van der Waals surface area (Å²) in [6.45, 7) is 12.2. The summed E-state index contributed by atoms with van der Waals surface area (Å²) in [5, 5.41) is 10.7. The lowest BCUT2D eigenvalue weighted by Crippen LogP contribution is -2.51. The van der Waals surface area contributed by atoms with E-state index in [9.17, 15) is 4.79 Å². The molecule has 0 aliphatic carbocycles. The van der Waals surface area contributed by atoms with Crippen LogP contribution in [0, 0.1) is 0 Å². The molecule has 160 valence electrons. The first-order valence-corrected chi connectivity index (χ1v) is 10.2. The molecule has 28 heavy (non-hydrogen) atoms. The monoisotopic (exact) mass is 432 g/mol. The molecule has 9 heteroatoms. The molecule has 3 aliphatic heterocycles. The van der Waals surface area contributed by atoms with E-state index in [0.717, 1.165) is 70.0 Å². The van der Waals surface area contributed by atoms with Crippen molar-refractivity contribution in [3.63, 3.8) is 0 Å². The minimum absolute atomic E-state index is 0. The molecule has 3 aliphatic rings. The van der Waals surface area contributed by atoms with Crippen LogP contribution < -0.4 is 5.32 Å². The third kappa shape index (κ3) is 4.82. The summed E-state index contributed by atoms with van der Waals surface area (Å²) >= 11 is 0. The molecule has 2 N–H and O–H groups in total. The molecule has 0 bridgehead atoms. The number of halogens is 2. The second kappa shape index (κ2) is 10.3. The SMILES string of the molecule is CC1CCC(C)N1CCN1CCN(C(=O)c2n[nH]c3c2CNCC3)CC1.Cl.Cl.